The minimum atomic E-state index is -0.354. The molecule has 1 aliphatic heterocycles. The van der Waals surface area contributed by atoms with Crippen LogP contribution in [0.4, 0.5) is 0 Å². The Morgan fingerprint density at radius 3 is 3.29 bits per heavy atom. The first-order chi connectivity index (χ1) is 8.19. The van der Waals surface area contributed by atoms with Crippen LogP contribution in [0.25, 0.3) is 0 Å². The molecule has 0 bridgehead atoms. The molecule has 1 aliphatic rings. The lowest BCUT2D eigenvalue weighted by molar-refractivity contribution is -0.138. The van der Waals surface area contributed by atoms with Crippen LogP contribution in [0.15, 0.2) is 6.20 Å². The molecule has 7 heteroatoms. The molecule has 1 N–H and O–H groups in total. The van der Waals surface area contributed by atoms with Gasteiger partial charge in [0.05, 0.1) is 22.2 Å². The third kappa shape index (κ3) is 3.60. The number of amides is 1. The molecule has 1 atom stereocenters. The molecule has 94 valence electrons. The van der Waals surface area contributed by atoms with E-state index < -0.39 is 0 Å². The Hall–Kier alpha value is -0.250. The van der Waals surface area contributed by atoms with Gasteiger partial charge in [0, 0.05) is 20.1 Å². The molecule has 2 rings (SSSR count). The number of ether oxygens (including phenoxy) is 1. The summed E-state index contributed by atoms with van der Waals surface area (Å²) in [5, 5.41) is 3.71. The van der Waals surface area contributed by atoms with Crippen LogP contribution in [-0.4, -0.2) is 48.6 Å². The Morgan fingerprint density at radius 2 is 2.65 bits per heavy atom. The Bertz CT molecular complexity index is 399. The van der Waals surface area contributed by atoms with E-state index in [-0.39, 0.29) is 12.0 Å². The van der Waals surface area contributed by atoms with Crippen LogP contribution >= 0.6 is 33.9 Å². The van der Waals surface area contributed by atoms with E-state index >= 15 is 0 Å². The maximum atomic E-state index is 11.5. The summed E-state index contributed by atoms with van der Waals surface area (Å²) in [7, 11) is 1.63. The normalized spacial score (nSPS) is 21.4. The molecule has 0 aromatic carbocycles. The van der Waals surface area contributed by atoms with Crippen molar-refractivity contribution >= 4 is 39.8 Å². The monoisotopic (exact) mass is 367 g/mol. The van der Waals surface area contributed by atoms with Crippen molar-refractivity contribution in [3.05, 3.63) is 14.1 Å². The van der Waals surface area contributed by atoms with E-state index in [9.17, 15) is 4.79 Å². The van der Waals surface area contributed by atoms with Crippen molar-refractivity contribution in [3.63, 3.8) is 0 Å². The number of aromatic nitrogens is 1. The number of likely N-dealkylation sites (N-methyl/N-ethyl adjacent to an activating group) is 1. The van der Waals surface area contributed by atoms with Crippen LogP contribution in [0.5, 0.6) is 0 Å². The van der Waals surface area contributed by atoms with E-state index in [1.54, 1.807) is 18.4 Å². The molecular weight excluding hydrogens is 353 g/mol. The number of halogens is 1. The molecule has 17 heavy (non-hydrogen) atoms. The number of hydrogen-bond acceptors (Lipinski definition) is 5. The second-order valence-electron chi connectivity index (χ2n) is 3.77. The number of rotatable bonds is 3. The zero-order chi connectivity index (χ0) is 12.3. The zero-order valence-electron chi connectivity index (χ0n) is 9.48. The predicted molar refractivity (Wildman–Crippen MR) is 73.9 cm³/mol. The summed E-state index contributed by atoms with van der Waals surface area (Å²) in [4.78, 5) is 18.0. The molecule has 1 fully saturated rings. The lowest BCUT2D eigenvalue weighted by Crippen LogP contribution is -2.48. The molecule has 2 heterocycles. The maximum Gasteiger partial charge on any atom is 0.250 e. The van der Waals surface area contributed by atoms with Gasteiger partial charge >= 0.3 is 0 Å². The lowest BCUT2D eigenvalue weighted by atomic mass is 10.2. The van der Waals surface area contributed by atoms with Crippen molar-refractivity contribution in [2.75, 3.05) is 26.7 Å². The highest BCUT2D eigenvalue weighted by Crippen LogP contribution is 2.17. The van der Waals surface area contributed by atoms with Gasteiger partial charge < -0.3 is 10.1 Å². The molecule has 0 aliphatic carbocycles. The number of morpholine rings is 1. The molecule has 1 saturated heterocycles. The van der Waals surface area contributed by atoms with Crippen molar-refractivity contribution in [3.8, 4) is 0 Å². The Labute approximate surface area is 118 Å². The second-order valence-corrected chi connectivity index (χ2v) is 6.78. The summed E-state index contributed by atoms with van der Waals surface area (Å²) in [5.41, 5.74) is 0. The summed E-state index contributed by atoms with van der Waals surface area (Å²) >= 11 is 3.95. The highest BCUT2D eigenvalue weighted by molar-refractivity contribution is 14.1. The van der Waals surface area contributed by atoms with Gasteiger partial charge in [-0.2, -0.15) is 0 Å². The van der Waals surface area contributed by atoms with Crippen LogP contribution in [0, 0.1) is 2.88 Å². The van der Waals surface area contributed by atoms with Gasteiger partial charge in [-0.05, 0) is 22.6 Å². The summed E-state index contributed by atoms with van der Waals surface area (Å²) < 4.78 is 6.62. The van der Waals surface area contributed by atoms with Gasteiger partial charge in [0.25, 0.3) is 0 Å². The third-order valence-electron chi connectivity index (χ3n) is 2.57. The number of carbonyl (C=O) groups is 1. The smallest absolute Gasteiger partial charge is 0.250 e. The first kappa shape index (κ1) is 13.2. The number of carbonyl (C=O) groups excluding carboxylic acids is 1. The van der Waals surface area contributed by atoms with Crippen LogP contribution < -0.4 is 5.32 Å². The van der Waals surface area contributed by atoms with E-state index in [0.29, 0.717) is 13.2 Å². The van der Waals surface area contributed by atoms with Gasteiger partial charge in [-0.1, -0.05) is 0 Å². The minimum Gasteiger partial charge on any atom is -0.366 e. The summed E-state index contributed by atoms with van der Waals surface area (Å²) in [6, 6.07) is 0. The standard InChI is InChI=1S/C10H14IN3O2S/c1-12-10(15)7-5-14(2-3-16-7)6-9-13-4-8(11)17-9/h4,7H,2-3,5-6H2,1H3,(H,12,15)/t7-/m1/s1. The molecule has 1 aromatic rings. The first-order valence-electron chi connectivity index (χ1n) is 5.35. The fraction of sp³-hybridized carbons (Fsp3) is 0.600. The van der Waals surface area contributed by atoms with Crippen molar-refractivity contribution in [2.24, 2.45) is 0 Å². The number of nitrogens with zero attached hydrogens (tertiary/aromatic N) is 2. The number of hydrogen-bond donors (Lipinski definition) is 1. The molecule has 0 saturated carbocycles. The van der Waals surface area contributed by atoms with Crippen LogP contribution in [0.2, 0.25) is 0 Å². The van der Waals surface area contributed by atoms with Gasteiger partial charge in [0.1, 0.15) is 11.1 Å². The largest absolute Gasteiger partial charge is 0.366 e. The Balaban J connectivity index is 1.91. The predicted octanol–water partition coefficient (Wildman–Crippen LogP) is 0.695. The minimum absolute atomic E-state index is 0.0524. The zero-order valence-corrected chi connectivity index (χ0v) is 12.5. The molecule has 1 aromatic heterocycles. The van der Waals surface area contributed by atoms with Gasteiger partial charge in [0.15, 0.2) is 0 Å². The highest BCUT2D eigenvalue weighted by atomic mass is 127. The van der Waals surface area contributed by atoms with E-state index in [1.807, 2.05) is 6.20 Å². The maximum absolute atomic E-state index is 11.5. The first-order valence-corrected chi connectivity index (χ1v) is 7.24. The average Bonchev–Trinajstić information content (AvgIpc) is 2.74. The number of nitrogens with one attached hydrogen (secondary N) is 1. The van der Waals surface area contributed by atoms with Crippen molar-refractivity contribution in [2.45, 2.75) is 12.6 Å². The van der Waals surface area contributed by atoms with Crippen molar-refractivity contribution in [1.29, 1.82) is 0 Å². The summed E-state index contributed by atoms with van der Waals surface area (Å²) in [6.45, 7) is 2.88. The SMILES string of the molecule is CNC(=O)[C@H]1CN(Cc2ncc(I)s2)CCO1. The van der Waals surface area contributed by atoms with Gasteiger partial charge in [0.2, 0.25) is 5.91 Å². The quantitative estimate of drug-likeness (QED) is 0.800. The molecule has 0 unspecified atom stereocenters. The molecule has 5 nitrogen and oxygen atoms in total. The van der Waals surface area contributed by atoms with E-state index in [4.69, 9.17) is 4.74 Å². The molecule has 1 amide bonds. The van der Waals surface area contributed by atoms with Gasteiger partial charge in [-0.15, -0.1) is 11.3 Å². The van der Waals surface area contributed by atoms with Crippen LogP contribution in [0.3, 0.4) is 0 Å². The fourth-order valence-electron chi connectivity index (χ4n) is 1.72. The van der Waals surface area contributed by atoms with E-state index in [2.05, 4.69) is 37.8 Å². The molecule has 0 radical (unpaired) electrons. The van der Waals surface area contributed by atoms with Gasteiger partial charge in [-0.25, -0.2) is 4.98 Å². The topological polar surface area (TPSA) is 54.5 Å². The van der Waals surface area contributed by atoms with Crippen LogP contribution in [-0.2, 0) is 16.1 Å². The third-order valence-corrected chi connectivity index (χ3v) is 4.28. The summed E-state index contributed by atoms with van der Waals surface area (Å²) in [6.07, 6.45) is 1.52. The fourth-order valence-corrected chi connectivity index (χ4v) is 3.30. The summed E-state index contributed by atoms with van der Waals surface area (Å²) in [5.74, 6) is -0.0524. The van der Waals surface area contributed by atoms with E-state index in [0.717, 1.165) is 18.1 Å². The Morgan fingerprint density at radius 1 is 1.82 bits per heavy atom. The second kappa shape index (κ2) is 6.07. The van der Waals surface area contributed by atoms with Crippen LogP contribution in [0.1, 0.15) is 5.01 Å². The Kier molecular flexibility index (Phi) is 4.71. The number of thiazole rings is 1. The average molecular weight is 367 g/mol. The highest BCUT2D eigenvalue weighted by Gasteiger charge is 2.26. The lowest BCUT2D eigenvalue weighted by Gasteiger charge is -2.31. The molecular formula is C10H14IN3O2S. The van der Waals surface area contributed by atoms with Crippen molar-refractivity contribution < 1.29 is 9.53 Å². The molecule has 0 spiro atoms. The van der Waals surface area contributed by atoms with Crippen molar-refractivity contribution in [1.82, 2.24) is 15.2 Å². The van der Waals surface area contributed by atoms with Gasteiger partial charge in [-0.3, -0.25) is 9.69 Å². The van der Waals surface area contributed by atoms with E-state index in [1.165, 1.54) is 2.88 Å².